The Morgan fingerprint density at radius 1 is 1.44 bits per heavy atom. The van der Waals surface area contributed by atoms with Crippen LogP contribution < -0.4 is 5.32 Å². The number of nitrogens with zero attached hydrogens (tertiary/aromatic N) is 2. The zero-order valence-corrected chi connectivity index (χ0v) is 9.45. The average Bonchev–Trinajstić information content (AvgIpc) is 2.74. The molecule has 2 N–H and O–H groups in total. The molecule has 0 bridgehead atoms. The van der Waals surface area contributed by atoms with Gasteiger partial charge in [0.25, 0.3) is 0 Å². The number of aromatic amines is 1. The van der Waals surface area contributed by atoms with E-state index in [-0.39, 0.29) is 5.41 Å². The molecule has 0 aliphatic carbocycles. The second kappa shape index (κ2) is 3.56. The van der Waals surface area contributed by atoms with Gasteiger partial charge in [0, 0.05) is 18.2 Å². The maximum atomic E-state index is 4.60. The number of hydrogen-bond acceptors (Lipinski definition) is 3. The summed E-state index contributed by atoms with van der Waals surface area (Å²) >= 11 is 0. The van der Waals surface area contributed by atoms with E-state index in [0.717, 1.165) is 30.1 Å². The molecule has 2 aromatic rings. The molecule has 0 saturated carbocycles. The highest BCUT2D eigenvalue weighted by Gasteiger charge is 2.31. The molecule has 1 unspecified atom stereocenters. The summed E-state index contributed by atoms with van der Waals surface area (Å²) in [6.45, 7) is 4.37. The monoisotopic (exact) mass is 216 g/mol. The quantitative estimate of drug-likeness (QED) is 0.761. The molecule has 3 heterocycles. The number of rotatable bonds is 1. The Kier molecular flexibility index (Phi) is 2.17. The molecule has 4 heteroatoms. The van der Waals surface area contributed by atoms with Gasteiger partial charge in [0.15, 0.2) is 5.65 Å². The number of piperidine rings is 1. The maximum absolute atomic E-state index is 4.60. The number of aromatic nitrogens is 3. The Hall–Kier alpha value is -1.42. The van der Waals surface area contributed by atoms with Crippen molar-refractivity contribution < 1.29 is 0 Å². The number of hydrogen-bond donors (Lipinski definition) is 2. The number of H-pyrrole nitrogens is 1. The molecular weight excluding hydrogens is 200 g/mol. The van der Waals surface area contributed by atoms with Gasteiger partial charge in [0.1, 0.15) is 5.82 Å². The fraction of sp³-hybridized carbons (Fsp3) is 0.500. The van der Waals surface area contributed by atoms with Crippen molar-refractivity contribution >= 4 is 11.2 Å². The highest BCUT2D eigenvalue weighted by Crippen LogP contribution is 2.29. The van der Waals surface area contributed by atoms with Gasteiger partial charge in [-0.25, -0.2) is 9.97 Å². The third kappa shape index (κ3) is 1.50. The van der Waals surface area contributed by atoms with E-state index in [4.69, 9.17) is 0 Å². The summed E-state index contributed by atoms with van der Waals surface area (Å²) in [5.74, 6) is 1.06. The van der Waals surface area contributed by atoms with Gasteiger partial charge in [-0.1, -0.05) is 6.92 Å². The van der Waals surface area contributed by atoms with Crippen molar-refractivity contribution in [3.8, 4) is 0 Å². The normalized spacial score (nSPS) is 26.1. The summed E-state index contributed by atoms with van der Waals surface area (Å²) in [4.78, 5) is 12.3. The van der Waals surface area contributed by atoms with Crippen LogP contribution in [0.2, 0.25) is 0 Å². The van der Waals surface area contributed by atoms with Crippen LogP contribution in [-0.2, 0) is 5.41 Å². The minimum atomic E-state index is 0.124. The molecule has 0 radical (unpaired) electrons. The van der Waals surface area contributed by atoms with Crippen molar-refractivity contribution in [1.82, 2.24) is 20.3 Å². The van der Waals surface area contributed by atoms with Crippen LogP contribution in [-0.4, -0.2) is 28.0 Å². The van der Waals surface area contributed by atoms with Crippen LogP contribution >= 0.6 is 0 Å². The van der Waals surface area contributed by atoms with Gasteiger partial charge in [0.05, 0.1) is 5.52 Å². The lowest BCUT2D eigenvalue weighted by Gasteiger charge is -2.32. The van der Waals surface area contributed by atoms with Crippen LogP contribution in [0, 0.1) is 0 Å². The van der Waals surface area contributed by atoms with E-state index in [1.54, 1.807) is 6.20 Å². The van der Waals surface area contributed by atoms with E-state index in [9.17, 15) is 0 Å². The molecule has 1 aliphatic rings. The Morgan fingerprint density at radius 2 is 2.38 bits per heavy atom. The number of pyridine rings is 1. The minimum absolute atomic E-state index is 0.124. The summed E-state index contributed by atoms with van der Waals surface area (Å²) < 4.78 is 0. The fourth-order valence-electron chi connectivity index (χ4n) is 2.39. The summed E-state index contributed by atoms with van der Waals surface area (Å²) in [7, 11) is 0. The molecule has 1 aliphatic heterocycles. The van der Waals surface area contributed by atoms with Gasteiger partial charge in [-0.2, -0.15) is 0 Å². The summed E-state index contributed by atoms with van der Waals surface area (Å²) in [6, 6.07) is 3.96. The molecule has 0 spiro atoms. The van der Waals surface area contributed by atoms with Crippen molar-refractivity contribution in [2.45, 2.75) is 25.2 Å². The van der Waals surface area contributed by atoms with E-state index in [1.807, 2.05) is 12.1 Å². The molecule has 1 atom stereocenters. The molecule has 1 fully saturated rings. The number of fused-ring (bicyclic) bond motifs is 1. The van der Waals surface area contributed by atoms with E-state index < -0.39 is 0 Å². The number of nitrogens with one attached hydrogen (secondary N) is 2. The Morgan fingerprint density at radius 3 is 3.12 bits per heavy atom. The molecule has 2 aromatic heterocycles. The highest BCUT2D eigenvalue weighted by atomic mass is 15.0. The zero-order chi connectivity index (χ0) is 11.0. The minimum Gasteiger partial charge on any atom is -0.340 e. The first kappa shape index (κ1) is 9.78. The standard InChI is InChI=1S/C12H16N4/c1-12(5-3-6-13-8-12)11-15-9-4-2-7-14-10(9)16-11/h2,4,7,13H,3,5-6,8H2,1H3,(H,14,15,16). The van der Waals surface area contributed by atoms with Crippen molar-refractivity contribution in [2.24, 2.45) is 0 Å². The second-order valence-corrected chi connectivity index (χ2v) is 4.80. The van der Waals surface area contributed by atoms with Gasteiger partial charge in [0.2, 0.25) is 0 Å². The smallest absolute Gasteiger partial charge is 0.177 e. The lowest BCUT2D eigenvalue weighted by atomic mass is 9.82. The third-order valence-corrected chi connectivity index (χ3v) is 3.43. The molecule has 84 valence electrons. The predicted octanol–water partition coefficient (Wildman–Crippen LogP) is 1.60. The van der Waals surface area contributed by atoms with Crippen LogP contribution in [0.4, 0.5) is 0 Å². The Labute approximate surface area is 94.5 Å². The zero-order valence-electron chi connectivity index (χ0n) is 9.45. The fourth-order valence-corrected chi connectivity index (χ4v) is 2.39. The molecular formula is C12H16N4. The van der Waals surface area contributed by atoms with Crippen molar-refractivity contribution in [3.63, 3.8) is 0 Å². The van der Waals surface area contributed by atoms with Crippen LogP contribution in [0.5, 0.6) is 0 Å². The van der Waals surface area contributed by atoms with Gasteiger partial charge < -0.3 is 10.3 Å². The van der Waals surface area contributed by atoms with E-state index in [2.05, 4.69) is 27.2 Å². The molecule has 0 amide bonds. The summed E-state index contributed by atoms with van der Waals surface area (Å²) in [6.07, 6.45) is 4.18. The predicted molar refractivity (Wildman–Crippen MR) is 63.3 cm³/mol. The first-order valence-electron chi connectivity index (χ1n) is 5.80. The van der Waals surface area contributed by atoms with E-state index >= 15 is 0 Å². The number of imidazole rings is 1. The SMILES string of the molecule is CC1(c2nc3ncccc3[nH]2)CCCNC1. The van der Waals surface area contributed by atoms with E-state index in [0.29, 0.717) is 0 Å². The van der Waals surface area contributed by atoms with Crippen LogP contribution in [0.25, 0.3) is 11.2 Å². The molecule has 16 heavy (non-hydrogen) atoms. The maximum Gasteiger partial charge on any atom is 0.177 e. The lowest BCUT2D eigenvalue weighted by Crippen LogP contribution is -2.41. The summed E-state index contributed by atoms with van der Waals surface area (Å²) in [5.41, 5.74) is 1.98. The second-order valence-electron chi connectivity index (χ2n) is 4.80. The van der Waals surface area contributed by atoms with Crippen LogP contribution in [0.15, 0.2) is 18.3 Å². The Bertz CT molecular complexity index is 463. The van der Waals surface area contributed by atoms with Crippen LogP contribution in [0.1, 0.15) is 25.6 Å². The topological polar surface area (TPSA) is 53.6 Å². The molecule has 0 aromatic carbocycles. The highest BCUT2D eigenvalue weighted by molar-refractivity contribution is 5.70. The van der Waals surface area contributed by atoms with E-state index in [1.165, 1.54) is 12.8 Å². The van der Waals surface area contributed by atoms with Gasteiger partial charge in [-0.15, -0.1) is 0 Å². The first-order valence-corrected chi connectivity index (χ1v) is 5.80. The van der Waals surface area contributed by atoms with Crippen LogP contribution in [0.3, 0.4) is 0 Å². The van der Waals surface area contributed by atoms with Crippen molar-refractivity contribution in [2.75, 3.05) is 13.1 Å². The van der Waals surface area contributed by atoms with Gasteiger partial charge in [-0.3, -0.25) is 0 Å². The largest absolute Gasteiger partial charge is 0.340 e. The Balaban J connectivity index is 2.04. The van der Waals surface area contributed by atoms with Gasteiger partial charge in [-0.05, 0) is 31.5 Å². The third-order valence-electron chi connectivity index (χ3n) is 3.43. The molecule has 1 saturated heterocycles. The average molecular weight is 216 g/mol. The van der Waals surface area contributed by atoms with Gasteiger partial charge >= 0.3 is 0 Å². The lowest BCUT2D eigenvalue weighted by molar-refractivity contribution is 0.326. The first-order chi connectivity index (χ1) is 7.78. The van der Waals surface area contributed by atoms with Crippen molar-refractivity contribution in [3.05, 3.63) is 24.2 Å². The summed E-state index contributed by atoms with van der Waals surface area (Å²) in [5, 5.41) is 3.44. The molecule has 4 nitrogen and oxygen atoms in total. The molecule has 3 rings (SSSR count). The van der Waals surface area contributed by atoms with Crippen molar-refractivity contribution in [1.29, 1.82) is 0 Å².